The highest BCUT2D eigenvalue weighted by atomic mass is 79.9. The molecular weight excluding hydrogens is 348 g/mol. The van der Waals surface area contributed by atoms with Gasteiger partial charge in [-0.15, -0.1) is 0 Å². The van der Waals surface area contributed by atoms with Crippen molar-refractivity contribution in [3.8, 4) is 0 Å². The highest BCUT2D eigenvalue weighted by molar-refractivity contribution is 9.10. The molecule has 0 radical (unpaired) electrons. The molecule has 20 heavy (non-hydrogen) atoms. The number of amides is 1. The highest BCUT2D eigenvalue weighted by Gasteiger charge is 2.13. The van der Waals surface area contributed by atoms with Crippen LogP contribution in [0.5, 0.6) is 0 Å². The maximum atomic E-state index is 12.0. The Morgan fingerprint density at radius 1 is 1.30 bits per heavy atom. The van der Waals surface area contributed by atoms with Crippen molar-refractivity contribution in [1.82, 2.24) is 24.9 Å². The molecule has 3 heterocycles. The number of fused-ring (bicyclic) bond motifs is 1. The van der Waals surface area contributed by atoms with Gasteiger partial charge in [0.15, 0.2) is 10.8 Å². The van der Waals surface area contributed by atoms with Crippen molar-refractivity contribution in [3.05, 3.63) is 40.0 Å². The number of aromatic amines is 1. The smallest absolute Gasteiger partial charge is 0.276 e. The van der Waals surface area contributed by atoms with E-state index in [1.807, 2.05) is 0 Å². The Balaban J connectivity index is 1.91. The molecule has 0 saturated heterocycles. The first kappa shape index (κ1) is 12.9. The van der Waals surface area contributed by atoms with Crippen molar-refractivity contribution in [2.24, 2.45) is 0 Å². The molecule has 0 bridgehead atoms. The number of hydrogen-bond acceptors (Lipinski definition) is 5. The summed E-state index contributed by atoms with van der Waals surface area (Å²) in [6.07, 6.45) is 1.45. The van der Waals surface area contributed by atoms with Crippen LogP contribution >= 0.6 is 27.5 Å². The Kier molecular flexibility index (Phi) is 3.33. The van der Waals surface area contributed by atoms with Crippen LogP contribution in [0.4, 0.5) is 5.95 Å². The maximum absolute atomic E-state index is 12.0. The molecular formula is C11H6BrClN6O. The van der Waals surface area contributed by atoms with Crippen LogP contribution in [-0.4, -0.2) is 30.8 Å². The largest absolute Gasteiger partial charge is 0.341 e. The van der Waals surface area contributed by atoms with Gasteiger partial charge >= 0.3 is 0 Å². The van der Waals surface area contributed by atoms with Crippen LogP contribution in [0.25, 0.3) is 11.2 Å². The first-order valence-electron chi connectivity index (χ1n) is 5.44. The summed E-state index contributed by atoms with van der Waals surface area (Å²) in [5, 5.41) is 2.71. The van der Waals surface area contributed by atoms with Crippen LogP contribution in [0.15, 0.2) is 29.1 Å². The molecule has 9 heteroatoms. The predicted molar refractivity (Wildman–Crippen MR) is 76.6 cm³/mol. The van der Waals surface area contributed by atoms with E-state index in [4.69, 9.17) is 11.6 Å². The lowest BCUT2D eigenvalue weighted by Gasteiger charge is -2.03. The van der Waals surface area contributed by atoms with Crippen molar-refractivity contribution < 1.29 is 4.79 Å². The SMILES string of the molecule is O=C(Nc1nc(Cl)c2[nH]cnc2n1)c1cccc(Br)n1. The standard InChI is InChI=1S/C11H6BrClN6O/c12-6-3-1-2-5(16-6)10(20)19-11-17-8(13)7-9(18-11)15-4-14-7/h1-4H,(H2,14,15,17,18,19,20). The molecule has 3 rings (SSSR count). The molecule has 0 aliphatic heterocycles. The van der Waals surface area contributed by atoms with Gasteiger partial charge in [0, 0.05) is 0 Å². The Bertz CT molecular complexity index is 804. The summed E-state index contributed by atoms with van der Waals surface area (Å²) in [5.74, 6) is -0.362. The summed E-state index contributed by atoms with van der Waals surface area (Å²) < 4.78 is 0.562. The summed E-state index contributed by atoms with van der Waals surface area (Å²) in [7, 11) is 0. The van der Waals surface area contributed by atoms with Gasteiger partial charge in [-0.1, -0.05) is 17.7 Å². The fourth-order valence-corrected chi connectivity index (χ4v) is 2.12. The Morgan fingerprint density at radius 2 is 2.15 bits per heavy atom. The van der Waals surface area contributed by atoms with Gasteiger partial charge in [0.2, 0.25) is 5.95 Å². The summed E-state index contributed by atoms with van der Waals surface area (Å²) in [5.41, 5.74) is 1.13. The average Bonchev–Trinajstić information content (AvgIpc) is 2.87. The zero-order valence-corrected chi connectivity index (χ0v) is 12.1. The number of nitrogens with zero attached hydrogens (tertiary/aromatic N) is 4. The fourth-order valence-electron chi connectivity index (χ4n) is 1.55. The van der Waals surface area contributed by atoms with Gasteiger partial charge in [-0.2, -0.15) is 9.97 Å². The fraction of sp³-hybridized carbons (Fsp3) is 0. The van der Waals surface area contributed by atoms with E-state index >= 15 is 0 Å². The minimum absolute atomic E-state index is 0.0707. The third kappa shape index (κ3) is 2.47. The van der Waals surface area contributed by atoms with Gasteiger partial charge in [-0.25, -0.2) is 9.97 Å². The number of halogens is 2. The summed E-state index contributed by atoms with van der Waals surface area (Å²) >= 11 is 9.16. The van der Waals surface area contributed by atoms with Gasteiger partial charge in [0.05, 0.1) is 6.33 Å². The minimum Gasteiger partial charge on any atom is -0.341 e. The Morgan fingerprint density at radius 3 is 2.95 bits per heavy atom. The highest BCUT2D eigenvalue weighted by Crippen LogP contribution is 2.18. The molecule has 3 aromatic rings. The van der Waals surface area contributed by atoms with Gasteiger partial charge in [-0.05, 0) is 28.1 Å². The van der Waals surface area contributed by atoms with Crippen molar-refractivity contribution in [3.63, 3.8) is 0 Å². The summed E-state index contributed by atoms with van der Waals surface area (Å²) in [6.45, 7) is 0. The van der Waals surface area contributed by atoms with Crippen LogP contribution in [-0.2, 0) is 0 Å². The number of aromatic nitrogens is 5. The molecule has 0 aliphatic rings. The number of hydrogen-bond donors (Lipinski definition) is 2. The molecule has 1 amide bonds. The lowest BCUT2D eigenvalue weighted by atomic mass is 10.3. The number of carbonyl (C=O) groups is 1. The number of pyridine rings is 1. The Labute approximate surface area is 126 Å². The van der Waals surface area contributed by atoms with Crippen LogP contribution in [0.2, 0.25) is 5.15 Å². The zero-order chi connectivity index (χ0) is 14.1. The van der Waals surface area contributed by atoms with Crippen molar-refractivity contribution in [2.45, 2.75) is 0 Å². The third-order valence-corrected chi connectivity index (χ3v) is 3.13. The second-order valence-electron chi connectivity index (χ2n) is 3.74. The molecule has 100 valence electrons. The number of nitrogens with one attached hydrogen (secondary N) is 2. The molecule has 0 aliphatic carbocycles. The Hall–Kier alpha value is -2.06. The molecule has 2 N–H and O–H groups in total. The van der Waals surface area contributed by atoms with E-state index in [1.54, 1.807) is 18.2 Å². The molecule has 0 fully saturated rings. The molecule has 0 saturated carbocycles. The van der Waals surface area contributed by atoms with Crippen LogP contribution in [0.3, 0.4) is 0 Å². The molecule has 0 aromatic carbocycles. The molecule has 3 aromatic heterocycles. The van der Waals surface area contributed by atoms with Gasteiger partial charge < -0.3 is 4.98 Å². The van der Waals surface area contributed by atoms with Crippen LogP contribution < -0.4 is 5.32 Å². The first-order chi connectivity index (χ1) is 9.63. The van der Waals surface area contributed by atoms with E-state index in [0.29, 0.717) is 15.8 Å². The van der Waals surface area contributed by atoms with E-state index < -0.39 is 5.91 Å². The second kappa shape index (κ2) is 5.14. The molecule has 0 spiro atoms. The van der Waals surface area contributed by atoms with Crippen LogP contribution in [0.1, 0.15) is 10.5 Å². The maximum Gasteiger partial charge on any atom is 0.276 e. The minimum atomic E-state index is -0.433. The topological polar surface area (TPSA) is 96.5 Å². The molecule has 7 nitrogen and oxygen atoms in total. The quantitative estimate of drug-likeness (QED) is 0.545. The van der Waals surface area contributed by atoms with E-state index in [1.165, 1.54) is 6.33 Å². The van der Waals surface area contributed by atoms with Crippen molar-refractivity contribution in [2.75, 3.05) is 5.32 Å². The number of H-pyrrole nitrogens is 1. The van der Waals surface area contributed by atoms with Crippen molar-refractivity contribution in [1.29, 1.82) is 0 Å². The van der Waals surface area contributed by atoms with E-state index in [0.717, 1.165) is 0 Å². The van der Waals surface area contributed by atoms with Crippen LogP contribution in [0, 0.1) is 0 Å². The summed E-state index contributed by atoms with van der Waals surface area (Å²) in [6, 6.07) is 5.01. The monoisotopic (exact) mass is 352 g/mol. The second-order valence-corrected chi connectivity index (χ2v) is 4.91. The van der Waals surface area contributed by atoms with E-state index in [2.05, 4.69) is 46.2 Å². The first-order valence-corrected chi connectivity index (χ1v) is 6.61. The van der Waals surface area contributed by atoms with E-state index in [-0.39, 0.29) is 16.8 Å². The van der Waals surface area contributed by atoms with Gasteiger partial charge in [0.25, 0.3) is 5.91 Å². The molecule has 0 unspecified atom stereocenters. The predicted octanol–water partition coefficient (Wildman–Crippen LogP) is 2.42. The number of imidazole rings is 1. The number of rotatable bonds is 2. The van der Waals surface area contributed by atoms with Crippen molar-refractivity contribution >= 4 is 50.6 Å². The average molecular weight is 354 g/mol. The third-order valence-electron chi connectivity index (χ3n) is 2.41. The zero-order valence-electron chi connectivity index (χ0n) is 9.76. The lowest BCUT2D eigenvalue weighted by molar-refractivity contribution is 0.102. The summed E-state index contributed by atoms with van der Waals surface area (Å²) in [4.78, 5) is 30.9. The molecule has 0 atom stereocenters. The normalized spacial score (nSPS) is 10.7. The van der Waals surface area contributed by atoms with Gasteiger partial charge in [0.1, 0.15) is 15.8 Å². The van der Waals surface area contributed by atoms with E-state index in [9.17, 15) is 4.79 Å². The number of anilines is 1. The number of carbonyl (C=O) groups excluding carboxylic acids is 1. The lowest BCUT2D eigenvalue weighted by Crippen LogP contribution is -2.15. The van der Waals surface area contributed by atoms with Gasteiger partial charge in [-0.3, -0.25) is 10.1 Å².